The molecule has 0 saturated carbocycles. The Morgan fingerprint density at radius 3 is 2.43 bits per heavy atom. The molecule has 0 atom stereocenters. The molecule has 0 N–H and O–H groups in total. The molecule has 1 heterocycles. The van der Waals surface area contributed by atoms with Crippen LogP contribution in [0.25, 0.3) is 11.1 Å². The van der Waals surface area contributed by atoms with Crippen LogP contribution in [0.5, 0.6) is 5.75 Å². The van der Waals surface area contributed by atoms with Crippen LogP contribution in [0.2, 0.25) is 0 Å². The van der Waals surface area contributed by atoms with Crippen LogP contribution in [0.1, 0.15) is 4.88 Å². The van der Waals surface area contributed by atoms with Gasteiger partial charge in [-0.25, -0.2) is 0 Å². The van der Waals surface area contributed by atoms with Crippen LogP contribution >= 0.6 is 11.3 Å². The smallest absolute Gasteiger partial charge is 0.316 e. The lowest BCUT2D eigenvalue weighted by atomic mass is 10.1. The molecular formula is C18H14O2S. The van der Waals surface area contributed by atoms with Gasteiger partial charge in [-0.2, -0.15) is 0 Å². The second-order valence-corrected chi connectivity index (χ2v) is 5.62. The molecule has 2 nitrogen and oxygen atoms in total. The molecule has 3 rings (SSSR count). The molecule has 21 heavy (non-hydrogen) atoms. The van der Waals surface area contributed by atoms with Crippen LogP contribution in [0.4, 0.5) is 0 Å². The minimum Gasteiger partial charge on any atom is -0.426 e. The van der Waals surface area contributed by atoms with Crippen molar-refractivity contribution in [1.82, 2.24) is 0 Å². The lowest BCUT2D eigenvalue weighted by Crippen LogP contribution is -2.10. The number of thiophene rings is 1. The molecule has 0 saturated heterocycles. The van der Waals surface area contributed by atoms with Crippen LogP contribution in [0, 0.1) is 0 Å². The zero-order chi connectivity index (χ0) is 14.5. The molecule has 0 spiro atoms. The van der Waals surface area contributed by atoms with Crippen LogP contribution in [-0.4, -0.2) is 5.97 Å². The van der Waals surface area contributed by atoms with Gasteiger partial charge in [0.05, 0.1) is 6.42 Å². The maximum Gasteiger partial charge on any atom is 0.316 e. The van der Waals surface area contributed by atoms with Gasteiger partial charge in [-0.15, -0.1) is 11.3 Å². The standard InChI is InChI=1S/C18H14O2S/c19-18(13-15-9-6-12-21-15)20-17-11-5-4-10-16(17)14-7-2-1-3-8-14/h1-12H,13H2. The molecule has 0 aliphatic carbocycles. The summed E-state index contributed by atoms with van der Waals surface area (Å²) in [7, 11) is 0. The molecular weight excluding hydrogens is 280 g/mol. The van der Waals surface area contributed by atoms with Crippen molar-refractivity contribution in [2.24, 2.45) is 0 Å². The molecule has 0 fully saturated rings. The summed E-state index contributed by atoms with van der Waals surface area (Å²) in [5, 5.41) is 1.96. The zero-order valence-electron chi connectivity index (χ0n) is 11.4. The van der Waals surface area contributed by atoms with Gasteiger partial charge < -0.3 is 4.74 Å². The number of esters is 1. The third-order valence-electron chi connectivity index (χ3n) is 3.09. The van der Waals surface area contributed by atoms with E-state index in [2.05, 4.69) is 0 Å². The van der Waals surface area contributed by atoms with Crippen molar-refractivity contribution in [3.05, 3.63) is 77.0 Å². The van der Waals surface area contributed by atoms with Gasteiger partial charge in [-0.05, 0) is 23.1 Å². The third kappa shape index (κ3) is 3.38. The van der Waals surface area contributed by atoms with Crippen LogP contribution in [0.15, 0.2) is 72.1 Å². The van der Waals surface area contributed by atoms with Crippen LogP contribution < -0.4 is 4.74 Å². The Morgan fingerprint density at radius 1 is 0.905 bits per heavy atom. The van der Waals surface area contributed by atoms with E-state index in [0.29, 0.717) is 12.2 Å². The van der Waals surface area contributed by atoms with Crippen molar-refractivity contribution in [2.75, 3.05) is 0 Å². The summed E-state index contributed by atoms with van der Waals surface area (Å²) in [6, 6.07) is 21.4. The maximum absolute atomic E-state index is 12.0. The quantitative estimate of drug-likeness (QED) is 0.520. The average Bonchev–Trinajstić information content (AvgIpc) is 3.01. The van der Waals surface area contributed by atoms with E-state index in [1.165, 1.54) is 0 Å². The number of hydrogen-bond donors (Lipinski definition) is 0. The minimum atomic E-state index is -0.235. The molecule has 1 aromatic heterocycles. The first-order chi connectivity index (χ1) is 10.3. The molecule has 0 aliphatic heterocycles. The monoisotopic (exact) mass is 294 g/mol. The van der Waals surface area contributed by atoms with Crippen LogP contribution in [-0.2, 0) is 11.2 Å². The summed E-state index contributed by atoms with van der Waals surface area (Å²) in [4.78, 5) is 13.1. The second-order valence-electron chi connectivity index (χ2n) is 4.59. The van der Waals surface area contributed by atoms with Gasteiger partial charge in [0.15, 0.2) is 0 Å². The van der Waals surface area contributed by atoms with Gasteiger partial charge in [0.25, 0.3) is 0 Å². The lowest BCUT2D eigenvalue weighted by Gasteiger charge is -2.09. The summed E-state index contributed by atoms with van der Waals surface area (Å²) in [5.41, 5.74) is 1.97. The predicted octanol–water partition coefficient (Wildman–Crippen LogP) is 4.56. The number of carbonyl (C=O) groups is 1. The van der Waals surface area contributed by atoms with Gasteiger partial charge in [0.1, 0.15) is 5.75 Å². The molecule has 0 amide bonds. The first kappa shape index (κ1) is 13.6. The number of hydrogen-bond acceptors (Lipinski definition) is 3. The predicted molar refractivity (Wildman–Crippen MR) is 85.5 cm³/mol. The fraction of sp³-hybridized carbons (Fsp3) is 0.0556. The SMILES string of the molecule is O=C(Cc1cccs1)Oc1ccccc1-c1ccccc1. The minimum absolute atomic E-state index is 0.235. The Bertz CT molecular complexity index is 718. The summed E-state index contributed by atoms with van der Waals surface area (Å²) in [6.45, 7) is 0. The summed E-state index contributed by atoms with van der Waals surface area (Å²) < 4.78 is 5.54. The van der Waals surface area contributed by atoms with Crippen molar-refractivity contribution >= 4 is 17.3 Å². The second kappa shape index (κ2) is 6.37. The Labute approximate surface area is 127 Å². The number of carbonyl (C=O) groups excluding carboxylic acids is 1. The van der Waals surface area contributed by atoms with Crippen molar-refractivity contribution in [3.8, 4) is 16.9 Å². The summed E-state index contributed by atoms with van der Waals surface area (Å²) in [6.07, 6.45) is 0.306. The zero-order valence-corrected chi connectivity index (χ0v) is 12.2. The fourth-order valence-electron chi connectivity index (χ4n) is 2.13. The Morgan fingerprint density at radius 2 is 1.67 bits per heavy atom. The van der Waals surface area contributed by atoms with E-state index in [1.807, 2.05) is 72.1 Å². The average molecular weight is 294 g/mol. The highest BCUT2D eigenvalue weighted by Gasteiger charge is 2.11. The van der Waals surface area contributed by atoms with Gasteiger partial charge in [0.2, 0.25) is 0 Å². The van der Waals surface area contributed by atoms with Gasteiger partial charge in [-0.3, -0.25) is 4.79 Å². The lowest BCUT2D eigenvalue weighted by molar-refractivity contribution is -0.133. The van der Waals surface area contributed by atoms with Crippen LogP contribution in [0.3, 0.4) is 0 Å². The molecule has 0 bridgehead atoms. The summed E-state index contributed by atoms with van der Waals surface area (Å²) >= 11 is 1.56. The van der Waals surface area contributed by atoms with E-state index < -0.39 is 0 Å². The Hall–Kier alpha value is -2.39. The fourth-order valence-corrected chi connectivity index (χ4v) is 2.82. The molecule has 0 aliphatic rings. The topological polar surface area (TPSA) is 26.3 Å². The van der Waals surface area contributed by atoms with Crippen molar-refractivity contribution < 1.29 is 9.53 Å². The highest BCUT2D eigenvalue weighted by Crippen LogP contribution is 2.29. The van der Waals surface area contributed by atoms with E-state index in [-0.39, 0.29) is 5.97 Å². The molecule has 104 valence electrons. The molecule has 2 aromatic carbocycles. The highest BCUT2D eigenvalue weighted by atomic mass is 32.1. The first-order valence-electron chi connectivity index (χ1n) is 6.70. The molecule has 3 aromatic rings. The van der Waals surface area contributed by atoms with Crippen molar-refractivity contribution in [3.63, 3.8) is 0 Å². The number of para-hydroxylation sites is 1. The normalized spacial score (nSPS) is 10.3. The first-order valence-corrected chi connectivity index (χ1v) is 7.58. The Balaban J connectivity index is 1.81. The number of rotatable bonds is 4. The van der Waals surface area contributed by atoms with E-state index in [4.69, 9.17) is 4.74 Å². The third-order valence-corrected chi connectivity index (χ3v) is 3.97. The Kier molecular flexibility index (Phi) is 4.12. The number of ether oxygens (including phenoxy) is 1. The van der Waals surface area contributed by atoms with Crippen molar-refractivity contribution in [1.29, 1.82) is 0 Å². The van der Waals surface area contributed by atoms with E-state index in [1.54, 1.807) is 11.3 Å². The van der Waals surface area contributed by atoms with E-state index in [0.717, 1.165) is 16.0 Å². The van der Waals surface area contributed by atoms with Crippen molar-refractivity contribution in [2.45, 2.75) is 6.42 Å². The largest absolute Gasteiger partial charge is 0.426 e. The van der Waals surface area contributed by atoms with Gasteiger partial charge >= 0.3 is 5.97 Å². The van der Waals surface area contributed by atoms with Gasteiger partial charge in [-0.1, -0.05) is 54.6 Å². The summed E-state index contributed by atoms with van der Waals surface area (Å²) in [5.74, 6) is 0.367. The highest BCUT2D eigenvalue weighted by molar-refractivity contribution is 7.10. The van der Waals surface area contributed by atoms with E-state index in [9.17, 15) is 4.79 Å². The number of benzene rings is 2. The molecule has 0 radical (unpaired) electrons. The van der Waals surface area contributed by atoms with Gasteiger partial charge in [0, 0.05) is 10.4 Å². The van der Waals surface area contributed by atoms with E-state index >= 15 is 0 Å². The maximum atomic E-state index is 12.0. The molecule has 3 heteroatoms. The molecule has 0 unspecified atom stereocenters.